The van der Waals surface area contributed by atoms with Gasteiger partial charge in [0, 0.05) is 12.6 Å². The average molecular weight is 219 g/mol. The summed E-state index contributed by atoms with van der Waals surface area (Å²) in [6, 6.07) is 6.68. The van der Waals surface area contributed by atoms with Crippen LogP contribution in [0.3, 0.4) is 0 Å². The molecule has 3 heteroatoms. The molecule has 16 heavy (non-hydrogen) atoms. The summed E-state index contributed by atoms with van der Waals surface area (Å²) < 4.78 is 0. The first kappa shape index (κ1) is 11.2. The monoisotopic (exact) mass is 219 g/mol. The van der Waals surface area contributed by atoms with E-state index in [1.165, 1.54) is 6.42 Å². The second-order valence-corrected chi connectivity index (χ2v) is 5.22. The number of nitrogens with one attached hydrogen (secondary N) is 2. The average Bonchev–Trinajstić information content (AvgIpc) is 2.83. The second-order valence-electron chi connectivity index (χ2n) is 5.22. The molecule has 88 valence electrons. The molecule has 1 aliphatic rings. The fourth-order valence-electron chi connectivity index (χ4n) is 1.76. The lowest BCUT2D eigenvalue weighted by atomic mass is 10.2. The summed E-state index contributed by atoms with van der Waals surface area (Å²) >= 11 is 0. The summed E-state index contributed by atoms with van der Waals surface area (Å²) in [7, 11) is 0. The van der Waals surface area contributed by atoms with E-state index in [0.717, 1.165) is 24.6 Å². The van der Waals surface area contributed by atoms with Crippen LogP contribution in [-0.2, 0) is 0 Å². The third-order valence-corrected chi connectivity index (χ3v) is 3.14. The molecule has 2 rings (SSSR count). The van der Waals surface area contributed by atoms with Crippen molar-refractivity contribution in [3.63, 3.8) is 0 Å². The summed E-state index contributed by atoms with van der Waals surface area (Å²) in [5, 5.41) is 6.77. The Morgan fingerprint density at radius 3 is 2.69 bits per heavy atom. The maximum Gasteiger partial charge on any atom is 0.128 e. The van der Waals surface area contributed by atoms with Crippen molar-refractivity contribution in [3.8, 4) is 0 Å². The fraction of sp³-hybridized carbons (Fsp3) is 0.615. The van der Waals surface area contributed by atoms with Crippen molar-refractivity contribution in [1.82, 2.24) is 4.98 Å². The summed E-state index contributed by atoms with van der Waals surface area (Å²) in [4.78, 5) is 4.53. The predicted molar refractivity (Wildman–Crippen MR) is 68.8 cm³/mol. The highest BCUT2D eigenvalue weighted by Crippen LogP contribution is 2.46. The van der Waals surface area contributed by atoms with Crippen LogP contribution in [0.1, 0.15) is 33.6 Å². The molecular formula is C13H21N3. The number of hydrogen-bond acceptors (Lipinski definition) is 3. The first-order chi connectivity index (χ1) is 7.62. The lowest BCUT2D eigenvalue weighted by Gasteiger charge is -2.09. The van der Waals surface area contributed by atoms with Gasteiger partial charge in [0.25, 0.3) is 0 Å². The first-order valence-corrected chi connectivity index (χ1v) is 6.09. The van der Waals surface area contributed by atoms with Crippen molar-refractivity contribution in [3.05, 3.63) is 18.2 Å². The van der Waals surface area contributed by atoms with Crippen molar-refractivity contribution in [1.29, 1.82) is 0 Å². The summed E-state index contributed by atoms with van der Waals surface area (Å²) in [5.41, 5.74) is 0.439. The maximum atomic E-state index is 4.53. The Balaban J connectivity index is 1.94. The van der Waals surface area contributed by atoms with Gasteiger partial charge in [-0.1, -0.05) is 26.8 Å². The molecule has 1 aromatic rings. The Bertz CT molecular complexity index is 360. The topological polar surface area (TPSA) is 37.0 Å². The van der Waals surface area contributed by atoms with Crippen LogP contribution in [0.4, 0.5) is 11.6 Å². The van der Waals surface area contributed by atoms with Crippen LogP contribution in [0.15, 0.2) is 18.2 Å². The smallest absolute Gasteiger partial charge is 0.128 e. The Morgan fingerprint density at radius 2 is 2.06 bits per heavy atom. The van der Waals surface area contributed by atoms with Gasteiger partial charge in [0.15, 0.2) is 0 Å². The van der Waals surface area contributed by atoms with Gasteiger partial charge >= 0.3 is 0 Å². The van der Waals surface area contributed by atoms with E-state index in [9.17, 15) is 0 Å². The molecule has 0 radical (unpaired) electrons. The summed E-state index contributed by atoms with van der Waals surface area (Å²) in [6.07, 6.45) is 2.36. The molecule has 2 N–H and O–H groups in total. The van der Waals surface area contributed by atoms with Gasteiger partial charge < -0.3 is 10.6 Å². The molecule has 0 amide bonds. The molecule has 1 saturated carbocycles. The molecule has 3 nitrogen and oxygen atoms in total. The molecule has 0 bridgehead atoms. The largest absolute Gasteiger partial charge is 0.370 e. The lowest BCUT2D eigenvalue weighted by molar-refractivity contribution is 0.630. The first-order valence-electron chi connectivity index (χ1n) is 6.09. The van der Waals surface area contributed by atoms with Gasteiger partial charge in [-0.2, -0.15) is 0 Å². The van der Waals surface area contributed by atoms with E-state index < -0.39 is 0 Å². The number of anilines is 2. The highest BCUT2D eigenvalue weighted by Gasteiger charge is 2.45. The Hall–Kier alpha value is -1.25. The molecule has 1 aliphatic carbocycles. The molecular weight excluding hydrogens is 198 g/mol. The van der Waals surface area contributed by atoms with Crippen molar-refractivity contribution in [2.75, 3.05) is 17.2 Å². The SMILES string of the molecule is CCCNc1cccc(NC2CC2(C)C)n1. The van der Waals surface area contributed by atoms with Crippen LogP contribution in [0, 0.1) is 5.41 Å². The third-order valence-electron chi connectivity index (χ3n) is 3.14. The molecule has 0 aliphatic heterocycles. The summed E-state index contributed by atoms with van der Waals surface area (Å²) in [6.45, 7) is 7.70. The minimum Gasteiger partial charge on any atom is -0.370 e. The van der Waals surface area contributed by atoms with E-state index in [1.54, 1.807) is 0 Å². The second kappa shape index (κ2) is 4.32. The van der Waals surface area contributed by atoms with E-state index in [1.807, 2.05) is 18.2 Å². The van der Waals surface area contributed by atoms with Gasteiger partial charge in [0.05, 0.1) is 0 Å². The maximum absolute atomic E-state index is 4.53. The molecule has 1 unspecified atom stereocenters. The van der Waals surface area contributed by atoms with Crippen molar-refractivity contribution < 1.29 is 0 Å². The Kier molecular flexibility index (Phi) is 3.03. The zero-order valence-corrected chi connectivity index (χ0v) is 10.4. The fourth-order valence-corrected chi connectivity index (χ4v) is 1.76. The van der Waals surface area contributed by atoms with Crippen LogP contribution in [-0.4, -0.2) is 17.6 Å². The van der Waals surface area contributed by atoms with Crippen molar-refractivity contribution >= 4 is 11.6 Å². The van der Waals surface area contributed by atoms with Crippen molar-refractivity contribution in [2.45, 2.75) is 39.7 Å². The van der Waals surface area contributed by atoms with E-state index in [2.05, 4.69) is 36.4 Å². The van der Waals surface area contributed by atoms with Gasteiger partial charge in [-0.25, -0.2) is 4.98 Å². The van der Waals surface area contributed by atoms with Crippen LogP contribution in [0.5, 0.6) is 0 Å². The van der Waals surface area contributed by atoms with E-state index in [4.69, 9.17) is 0 Å². The molecule has 0 spiro atoms. The van der Waals surface area contributed by atoms with E-state index in [-0.39, 0.29) is 0 Å². The summed E-state index contributed by atoms with van der Waals surface area (Å²) in [5.74, 6) is 1.95. The van der Waals surface area contributed by atoms with Crippen LogP contribution < -0.4 is 10.6 Å². The third kappa shape index (κ3) is 2.65. The Morgan fingerprint density at radius 1 is 1.38 bits per heavy atom. The van der Waals surface area contributed by atoms with Gasteiger partial charge in [-0.15, -0.1) is 0 Å². The normalized spacial score (nSPS) is 21.6. The minimum absolute atomic E-state index is 0.439. The molecule has 1 atom stereocenters. The van der Waals surface area contributed by atoms with E-state index in [0.29, 0.717) is 11.5 Å². The van der Waals surface area contributed by atoms with Crippen LogP contribution in [0.2, 0.25) is 0 Å². The molecule has 1 fully saturated rings. The van der Waals surface area contributed by atoms with Gasteiger partial charge in [-0.3, -0.25) is 0 Å². The van der Waals surface area contributed by atoms with Gasteiger partial charge in [0.1, 0.15) is 11.6 Å². The van der Waals surface area contributed by atoms with E-state index >= 15 is 0 Å². The van der Waals surface area contributed by atoms with Crippen LogP contribution in [0.25, 0.3) is 0 Å². The zero-order valence-electron chi connectivity index (χ0n) is 10.4. The highest BCUT2D eigenvalue weighted by molar-refractivity contribution is 5.46. The Labute approximate surface area is 97.7 Å². The molecule has 1 aromatic heterocycles. The number of nitrogens with zero attached hydrogens (tertiary/aromatic N) is 1. The van der Waals surface area contributed by atoms with Crippen LogP contribution >= 0.6 is 0 Å². The number of aromatic nitrogens is 1. The minimum atomic E-state index is 0.439. The number of pyridine rings is 1. The van der Waals surface area contributed by atoms with Crippen molar-refractivity contribution in [2.24, 2.45) is 5.41 Å². The molecule has 0 saturated heterocycles. The number of rotatable bonds is 5. The van der Waals surface area contributed by atoms with Gasteiger partial charge in [-0.05, 0) is 30.4 Å². The molecule has 1 heterocycles. The standard InChI is InChI=1S/C13H21N3/c1-4-8-14-11-6-5-7-12(16-11)15-10-9-13(10,2)3/h5-7,10H,4,8-9H2,1-3H3,(H2,14,15,16). The van der Waals surface area contributed by atoms with Gasteiger partial charge in [0.2, 0.25) is 0 Å². The highest BCUT2D eigenvalue weighted by atomic mass is 15.1. The zero-order chi connectivity index (χ0) is 11.6. The number of hydrogen-bond donors (Lipinski definition) is 2. The lowest BCUT2D eigenvalue weighted by Crippen LogP contribution is -2.10. The quantitative estimate of drug-likeness (QED) is 0.799. The molecule has 0 aromatic carbocycles. The predicted octanol–water partition coefficient (Wildman–Crippen LogP) is 3.11.